The number of nitrogens with one attached hydrogen (secondary N) is 1. The lowest BCUT2D eigenvalue weighted by atomic mass is 10.1. The molecule has 0 aliphatic heterocycles. The Labute approximate surface area is 121 Å². The minimum atomic E-state index is 0.143. The first-order valence-electron chi connectivity index (χ1n) is 6.67. The summed E-state index contributed by atoms with van der Waals surface area (Å²) in [5.41, 5.74) is 7.83. The summed E-state index contributed by atoms with van der Waals surface area (Å²) >= 11 is 6.13. The molecule has 104 valence electrons. The Morgan fingerprint density at radius 2 is 2.16 bits per heavy atom. The van der Waals surface area contributed by atoms with Crippen LogP contribution in [-0.2, 0) is 0 Å². The Bertz CT molecular complexity index is 425. The highest BCUT2D eigenvalue weighted by Crippen LogP contribution is 2.37. The third-order valence-corrected chi connectivity index (χ3v) is 3.52. The van der Waals surface area contributed by atoms with E-state index in [0.29, 0.717) is 17.5 Å². The lowest BCUT2D eigenvalue weighted by Crippen LogP contribution is -2.25. The second-order valence-corrected chi connectivity index (χ2v) is 5.65. The molecule has 0 spiro atoms. The minimum absolute atomic E-state index is 0.143. The molecule has 0 aromatic carbocycles. The number of nitrogens with two attached hydrogens (primary N) is 1. The van der Waals surface area contributed by atoms with Crippen molar-refractivity contribution >= 4 is 11.6 Å². The molecule has 0 saturated heterocycles. The third kappa shape index (κ3) is 5.89. The van der Waals surface area contributed by atoms with Gasteiger partial charge in [-0.2, -0.15) is 0 Å². The summed E-state index contributed by atoms with van der Waals surface area (Å²) < 4.78 is 0. The maximum atomic E-state index is 6.13. The van der Waals surface area contributed by atoms with Gasteiger partial charge in [-0.3, -0.25) is 0 Å². The van der Waals surface area contributed by atoms with E-state index < -0.39 is 0 Å². The predicted molar refractivity (Wildman–Crippen MR) is 83.3 cm³/mol. The van der Waals surface area contributed by atoms with Crippen molar-refractivity contribution in [3.8, 4) is 12.3 Å². The zero-order chi connectivity index (χ0) is 14.4. The Kier molecular flexibility index (Phi) is 6.05. The van der Waals surface area contributed by atoms with Crippen LogP contribution in [0.15, 0.2) is 35.2 Å². The summed E-state index contributed by atoms with van der Waals surface area (Å²) in [5.74, 6) is 3.46. The topological polar surface area (TPSA) is 38.0 Å². The van der Waals surface area contributed by atoms with E-state index in [0.717, 1.165) is 5.70 Å². The lowest BCUT2D eigenvalue weighted by molar-refractivity contribution is 0.678. The molecular weight excluding hydrogens is 256 g/mol. The van der Waals surface area contributed by atoms with Gasteiger partial charge in [0, 0.05) is 24.1 Å². The molecule has 0 aromatic rings. The van der Waals surface area contributed by atoms with E-state index in [-0.39, 0.29) is 12.0 Å². The maximum Gasteiger partial charge on any atom is 0.102 e. The Balaban J connectivity index is 2.45. The van der Waals surface area contributed by atoms with Crippen LogP contribution in [0.1, 0.15) is 33.1 Å². The Morgan fingerprint density at radius 1 is 1.53 bits per heavy atom. The van der Waals surface area contributed by atoms with E-state index in [1.807, 2.05) is 6.92 Å². The van der Waals surface area contributed by atoms with Crippen molar-refractivity contribution in [3.05, 3.63) is 35.2 Å². The molecule has 2 unspecified atom stereocenters. The molecule has 19 heavy (non-hydrogen) atoms. The van der Waals surface area contributed by atoms with Gasteiger partial charge in [0.15, 0.2) is 0 Å². The zero-order valence-corrected chi connectivity index (χ0v) is 12.5. The van der Waals surface area contributed by atoms with E-state index in [2.05, 4.69) is 24.7 Å². The molecule has 2 atom stereocenters. The van der Waals surface area contributed by atoms with Crippen molar-refractivity contribution in [1.82, 2.24) is 5.32 Å². The molecule has 0 heterocycles. The molecule has 0 amide bonds. The van der Waals surface area contributed by atoms with E-state index in [4.69, 9.17) is 23.8 Å². The molecular formula is C16H23ClN2. The molecule has 0 radical (unpaired) electrons. The molecule has 3 N–H and O–H groups in total. The summed E-state index contributed by atoms with van der Waals surface area (Å²) in [6.45, 7) is 8.14. The molecule has 1 aliphatic rings. The van der Waals surface area contributed by atoms with Crippen LogP contribution in [0.5, 0.6) is 0 Å². The van der Waals surface area contributed by atoms with Crippen molar-refractivity contribution in [1.29, 1.82) is 0 Å². The fourth-order valence-corrected chi connectivity index (χ4v) is 2.04. The van der Waals surface area contributed by atoms with Crippen molar-refractivity contribution < 1.29 is 0 Å². The molecule has 2 nitrogen and oxygen atoms in total. The first kappa shape index (κ1) is 15.7. The third-order valence-electron chi connectivity index (χ3n) is 3.28. The smallest absolute Gasteiger partial charge is 0.102 e. The van der Waals surface area contributed by atoms with Crippen LogP contribution in [0.4, 0.5) is 0 Å². The minimum Gasteiger partial charge on any atom is -0.402 e. The van der Waals surface area contributed by atoms with Crippen LogP contribution in [0.3, 0.4) is 0 Å². The number of hydrogen-bond acceptors (Lipinski definition) is 2. The average Bonchev–Trinajstić information content (AvgIpc) is 3.19. The van der Waals surface area contributed by atoms with Crippen molar-refractivity contribution in [2.45, 2.75) is 39.2 Å². The van der Waals surface area contributed by atoms with Crippen molar-refractivity contribution in [3.63, 3.8) is 0 Å². The average molecular weight is 279 g/mol. The highest BCUT2D eigenvalue weighted by Gasteiger charge is 2.27. The van der Waals surface area contributed by atoms with Gasteiger partial charge in [0.25, 0.3) is 0 Å². The highest BCUT2D eigenvalue weighted by molar-refractivity contribution is 6.29. The van der Waals surface area contributed by atoms with E-state index in [1.54, 1.807) is 12.2 Å². The van der Waals surface area contributed by atoms with Crippen molar-refractivity contribution in [2.75, 3.05) is 0 Å². The summed E-state index contributed by atoms with van der Waals surface area (Å²) in [6.07, 6.45) is 12.1. The van der Waals surface area contributed by atoms with Crippen LogP contribution in [-0.4, -0.2) is 6.04 Å². The maximum absolute atomic E-state index is 6.13. The fraction of sp³-hybridized carbons (Fsp3) is 0.500. The van der Waals surface area contributed by atoms with Crippen LogP contribution in [0, 0.1) is 24.2 Å². The van der Waals surface area contributed by atoms with Gasteiger partial charge in [-0.05, 0) is 37.8 Å². The lowest BCUT2D eigenvalue weighted by Gasteiger charge is -2.16. The molecule has 0 bridgehead atoms. The van der Waals surface area contributed by atoms with Gasteiger partial charge >= 0.3 is 0 Å². The van der Waals surface area contributed by atoms with Gasteiger partial charge in [0.2, 0.25) is 0 Å². The van der Waals surface area contributed by atoms with Gasteiger partial charge in [-0.25, -0.2) is 0 Å². The Hall–Kier alpha value is -1.33. The first-order chi connectivity index (χ1) is 8.93. The van der Waals surface area contributed by atoms with E-state index in [1.165, 1.54) is 18.4 Å². The number of rotatable bonds is 7. The summed E-state index contributed by atoms with van der Waals surface area (Å²) in [7, 11) is 0. The van der Waals surface area contributed by atoms with Crippen LogP contribution in [0.2, 0.25) is 0 Å². The van der Waals surface area contributed by atoms with Crippen LogP contribution in [0.25, 0.3) is 0 Å². The summed E-state index contributed by atoms with van der Waals surface area (Å²) in [4.78, 5) is 0. The second-order valence-electron chi connectivity index (χ2n) is 5.24. The second kappa shape index (κ2) is 7.31. The Morgan fingerprint density at radius 3 is 2.68 bits per heavy atom. The van der Waals surface area contributed by atoms with Gasteiger partial charge < -0.3 is 11.1 Å². The van der Waals surface area contributed by atoms with Gasteiger partial charge in [0.1, 0.15) is 5.16 Å². The van der Waals surface area contributed by atoms with E-state index in [9.17, 15) is 0 Å². The fourth-order valence-electron chi connectivity index (χ4n) is 1.82. The summed E-state index contributed by atoms with van der Waals surface area (Å²) in [6, 6.07) is 0.190. The monoisotopic (exact) mass is 278 g/mol. The molecule has 1 saturated carbocycles. The largest absolute Gasteiger partial charge is 0.402 e. The molecule has 1 rings (SSSR count). The molecule has 1 fully saturated rings. The zero-order valence-electron chi connectivity index (χ0n) is 11.7. The number of halogens is 1. The number of allylic oxidation sites excluding steroid dienone is 3. The standard InChI is InChI=1S/C16H23ClN2/c1-5-11(2)10-15(18)8-9-16(17)19-13(4)12(3)14-6-7-14/h1,8-9,11,13-14,19H,3,6-7,10,18H2,2,4H3/b15-8+,16-9-. The normalized spacial score (nSPS) is 19.5. The van der Waals surface area contributed by atoms with Crippen LogP contribution < -0.4 is 11.1 Å². The number of terminal acetylenes is 1. The number of hydrogen-bond donors (Lipinski definition) is 2. The quantitative estimate of drug-likeness (QED) is 0.324. The SMILES string of the molecule is C#CC(C)C/C(N)=C\C=C(\Cl)NC(C)C(=C)C1CC1. The molecule has 1 aliphatic carbocycles. The first-order valence-corrected chi connectivity index (χ1v) is 7.05. The van der Waals surface area contributed by atoms with Crippen molar-refractivity contribution in [2.24, 2.45) is 17.6 Å². The highest BCUT2D eigenvalue weighted by atomic mass is 35.5. The van der Waals surface area contributed by atoms with Gasteiger partial charge in [0.05, 0.1) is 0 Å². The van der Waals surface area contributed by atoms with Gasteiger partial charge in [-0.15, -0.1) is 12.3 Å². The predicted octanol–water partition coefficient (Wildman–Crippen LogP) is 3.51. The molecule has 3 heteroatoms. The van der Waals surface area contributed by atoms with E-state index >= 15 is 0 Å². The van der Waals surface area contributed by atoms with Gasteiger partial charge in [-0.1, -0.05) is 30.7 Å². The molecule has 0 aromatic heterocycles. The summed E-state index contributed by atoms with van der Waals surface area (Å²) in [5, 5.41) is 3.78. The van der Waals surface area contributed by atoms with Crippen LogP contribution >= 0.6 is 11.6 Å².